The zero-order valence-corrected chi connectivity index (χ0v) is 24.1. The normalized spacial score (nSPS) is 38.4. The molecule has 2 fully saturated rings. The molecule has 4 rings (SSSR count). The van der Waals surface area contributed by atoms with Gasteiger partial charge in [0.15, 0.2) is 0 Å². The zero-order valence-electron chi connectivity index (χ0n) is 24.1. The average Bonchev–Trinajstić information content (AvgIpc) is 3.09. The van der Waals surface area contributed by atoms with Crippen molar-refractivity contribution in [3.8, 4) is 0 Å². The summed E-state index contributed by atoms with van der Waals surface area (Å²) in [7, 11) is 0. The van der Waals surface area contributed by atoms with Gasteiger partial charge in [0, 0.05) is 30.8 Å². The number of carbonyl (C=O) groups is 3. The molecule has 0 radical (unpaired) electrons. The fourth-order valence-corrected chi connectivity index (χ4v) is 8.91. The Bertz CT molecular complexity index is 1090. The highest BCUT2D eigenvalue weighted by Crippen LogP contribution is 2.71. The molecule has 2 saturated carbocycles. The van der Waals surface area contributed by atoms with E-state index in [2.05, 4.69) is 53.7 Å². The predicted octanol–water partition coefficient (Wildman–Crippen LogP) is 7.07. The van der Waals surface area contributed by atoms with Crippen LogP contribution in [0.1, 0.15) is 100 Å². The second-order valence-electron chi connectivity index (χ2n) is 13.6. The number of ketones is 1. The molecule has 4 aliphatic rings. The minimum Gasteiger partial charge on any atom is -0.478 e. The summed E-state index contributed by atoms with van der Waals surface area (Å²) in [5.41, 5.74) is 3.00. The van der Waals surface area contributed by atoms with Crippen molar-refractivity contribution in [2.45, 2.75) is 106 Å². The number of carboxylic acid groups (broad SMARTS) is 1. The lowest BCUT2D eigenvalue weighted by Crippen LogP contribution is -2.53. The third kappa shape index (κ3) is 4.15. The first-order valence-electron chi connectivity index (χ1n) is 14.1. The lowest BCUT2D eigenvalue weighted by Gasteiger charge is -2.59. The van der Waals surface area contributed by atoms with Gasteiger partial charge in [-0.25, -0.2) is 4.79 Å². The smallest absolute Gasteiger partial charge is 0.330 e. The molecular formula is C32H46O5. The summed E-state index contributed by atoms with van der Waals surface area (Å²) in [6.07, 6.45) is 12.4. The molecule has 204 valence electrons. The van der Waals surface area contributed by atoms with Gasteiger partial charge in [-0.2, -0.15) is 0 Å². The SMILES string of the molecule is CC(=O)O[C@@H](C/C=C(\C)C(=O)O)[C@@H](C)[C@H]1CC[C@@]2(C)C3=CC[C@H]4C(C)(C)C(=O)CC[C@]4(C)C3=CC[C@]12C. The van der Waals surface area contributed by atoms with Crippen LogP contribution in [0.25, 0.3) is 0 Å². The molecule has 0 saturated heterocycles. The highest BCUT2D eigenvalue weighted by atomic mass is 16.5. The lowest BCUT2D eigenvalue weighted by atomic mass is 9.44. The van der Waals surface area contributed by atoms with Gasteiger partial charge in [-0.15, -0.1) is 0 Å². The molecule has 0 aromatic rings. The van der Waals surface area contributed by atoms with Crippen LogP contribution in [0.15, 0.2) is 34.9 Å². The average molecular weight is 511 g/mol. The molecule has 0 aromatic carbocycles. The third-order valence-electron chi connectivity index (χ3n) is 11.6. The Morgan fingerprint density at radius 2 is 1.78 bits per heavy atom. The number of hydrogen-bond acceptors (Lipinski definition) is 4. The maximum Gasteiger partial charge on any atom is 0.330 e. The monoisotopic (exact) mass is 510 g/mol. The zero-order chi connectivity index (χ0) is 27.6. The number of aliphatic carboxylic acids is 1. The topological polar surface area (TPSA) is 80.7 Å². The van der Waals surface area contributed by atoms with Crippen LogP contribution in [-0.2, 0) is 19.1 Å². The summed E-state index contributed by atoms with van der Waals surface area (Å²) in [5.74, 6) is -0.0893. The highest BCUT2D eigenvalue weighted by Gasteiger charge is 2.63. The Labute approximate surface area is 222 Å². The Balaban J connectivity index is 1.68. The van der Waals surface area contributed by atoms with Gasteiger partial charge in [-0.1, -0.05) is 59.8 Å². The van der Waals surface area contributed by atoms with E-state index in [0.717, 1.165) is 32.1 Å². The van der Waals surface area contributed by atoms with Crippen LogP contribution in [0, 0.1) is 39.4 Å². The van der Waals surface area contributed by atoms with E-state index < -0.39 is 5.97 Å². The van der Waals surface area contributed by atoms with Gasteiger partial charge in [0.25, 0.3) is 0 Å². The van der Waals surface area contributed by atoms with Crippen molar-refractivity contribution in [3.05, 3.63) is 34.9 Å². The van der Waals surface area contributed by atoms with Gasteiger partial charge in [-0.05, 0) is 84.2 Å². The van der Waals surface area contributed by atoms with Crippen molar-refractivity contribution in [1.82, 2.24) is 0 Å². The molecule has 5 heteroatoms. The number of carboxylic acids is 1. The van der Waals surface area contributed by atoms with Crippen LogP contribution >= 0.6 is 0 Å². The van der Waals surface area contributed by atoms with Gasteiger partial charge in [0.05, 0.1) is 0 Å². The van der Waals surface area contributed by atoms with Crippen LogP contribution in [-0.4, -0.2) is 28.9 Å². The van der Waals surface area contributed by atoms with Crippen LogP contribution in [0.2, 0.25) is 0 Å². The number of ether oxygens (including phenoxy) is 1. The maximum absolute atomic E-state index is 12.8. The summed E-state index contributed by atoms with van der Waals surface area (Å²) in [6.45, 7) is 16.8. The number of esters is 1. The molecule has 0 aromatic heterocycles. The van der Waals surface area contributed by atoms with E-state index in [1.165, 1.54) is 18.1 Å². The van der Waals surface area contributed by atoms with Gasteiger partial charge in [-0.3, -0.25) is 9.59 Å². The van der Waals surface area contributed by atoms with Crippen molar-refractivity contribution < 1.29 is 24.2 Å². The van der Waals surface area contributed by atoms with E-state index in [1.807, 2.05) is 0 Å². The Hall–Kier alpha value is -2.17. The first-order chi connectivity index (χ1) is 17.1. The maximum atomic E-state index is 12.8. The quantitative estimate of drug-likeness (QED) is 0.305. The molecule has 37 heavy (non-hydrogen) atoms. The van der Waals surface area contributed by atoms with E-state index in [-0.39, 0.29) is 45.2 Å². The van der Waals surface area contributed by atoms with Crippen molar-refractivity contribution in [1.29, 1.82) is 0 Å². The fourth-order valence-electron chi connectivity index (χ4n) is 8.91. The molecule has 7 atom stereocenters. The standard InChI is InChI=1S/C32H46O5/c1-19(28(35)36)9-11-25(37-21(3)33)20(2)22-13-17-32(8)24-10-12-26-29(4,5)27(34)15-16-30(26,6)23(24)14-18-31(22,32)7/h9-10,14,20,22,25-26H,11-13,15-18H2,1-8H3,(H,35,36)/b19-9+/t20-,22+,25-,26-,30+,31+,32-/m0/s1. The van der Waals surface area contributed by atoms with E-state index in [1.54, 1.807) is 13.0 Å². The predicted molar refractivity (Wildman–Crippen MR) is 145 cm³/mol. The molecule has 0 unspecified atom stereocenters. The summed E-state index contributed by atoms with van der Waals surface area (Å²) in [4.78, 5) is 36.2. The second-order valence-corrected chi connectivity index (χ2v) is 13.6. The van der Waals surface area contributed by atoms with E-state index >= 15 is 0 Å². The van der Waals surface area contributed by atoms with Crippen LogP contribution < -0.4 is 0 Å². The highest BCUT2D eigenvalue weighted by molar-refractivity contribution is 5.86. The van der Waals surface area contributed by atoms with Crippen molar-refractivity contribution in [2.75, 3.05) is 0 Å². The molecule has 0 aliphatic heterocycles. The molecular weight excluding hydrogens is 464 g/mol. The largest absolute Gasteiger partial charge is 0.478 e. The third-order valence-corrected chi connectivity index (χ3v) is 11.6. The van der Waals surface area contributed by atoms with Gasteiger partial charge in [0.2, 0.25) is 0 Å². The molecule has 0 spiro atoms. The molecule has 0 bridgehead atoms. The fraction of sp³-hybridized carbons (Fsp3) is 0.719. The van der Waals surface area contributed by atoms with Crippen molar-refractivity contribution >= 4 is 17.7 Å². The Morgan fingerprint density at radius 1 is 1.11 bits per heavy atom. The Kier molecular flexibility index (Phi) is 6.95. The van der Waals surface area contributed by atoms with Crippen LogP contribution in [0.3, 0.4) is 0 Å². The van der Waals surface area contributed by atoms with Crippen molar-refractivity contribution in [2.24, 2.45) is 39.4 Å². The van der Waals surface area contributed by atoms with Gasteiger partial charge in [0.1, 0.15) is 11.9 Å². The number of allylic oxidation sites excluding steroid dienone is 4. The van der Waals surface area contributed by atoms with Crippen molar-refractivity contribution in [3.63, 3.8) is 0 Å². The first-order valence-corrected chi connectivity index (χ1v) is 14.1. The van der Waals surface area contributed by atoms with Crippen LogP contribution in [0.4, 0.5) is 0 Å². The molecule has 0 heterocycles. The molecule has 1 N–H and O–H groups in total. The van der Waals surface area contributed by atoms with E-state index in [4.69, 9.17) is 4.74 Å². The second kappa shape index (κ2) is 9.24. The molecule has 4 aliphatic carbocycles. The van der Waals surface area contributed by atoms with E-state index in [9.17, 15) is 19.5 Å². The lowest BCUT2D eigenvalue weighted by molar-refractivity contribution is -0.151. The number of Topliss-reactive ketones (excluding diaryl/α,β-unsaturated/α-hetero) is 1. The minimum atomic E-state index is -0.941. The summed E-state index contributed by atoms with van der Waals surface area (Å²) in [6, 6.07) is 0. The first kappa shape index (κ1) is 27.9. The number of hydrogen-bond donors (Lipinski definition) is 1. The number of fused-ring (bicyclic) bond motifs is 5. The Morgan fingerprint density at radius 3 is 2.41 bits per heavy atom. The summed E-state index contributed by atoms with van der Waals surface area (Å²) >= 11 is 0. The summed E-state index contributed by atoms with van der Waals surface area (Å²) < 4.78 is 5.80. The van der Waals surface area contributed by atoms with Gasteiger partial charge < -0.3 is 9.84 Å². The molecule has 0 amide bonds. The number of carbonyl (C=O) groups excluding carboxylic acids is 2. The molecule has 5 nitrogen and oxygen atoms in total. The minimum absolute atomic E-state index is 0.00884. The van der Waals surface area contributed by atoms with Gasteiger partial charge >= 0.3 is 11.9 Å². The van der Waals surface area contributed by atoms with E-state index in [0.29, 0.717) is 30.5 Å². The summed E-state index contributed by atoms with van der Waals surface area (Å²) in [5, 5.41) is 9.31. The number of rotatable bonds is 6. The van der Waals surface area contributed by atoms with Crippen LogP contribution in [0.5, 0.6) is 0 Å².